The average molecular weight is 256 g/mol. The van der Waals surface area contributed by atoms with Crippen LogP contribution in [0.1, 0.15) is 15.2 Å². The first kappa shape index (κ1) is 10.7. The van der Waals surface area contributed by atoms with Gasteiger partial charge in [-0.15, -0.1) is 11.3 Å². The van der Waals surface area contributed by atoms with Crippen LogP contribution in [0.15, 0.2) is 29.6 Å². The fourth-order valence-corrected chi connectivity index (χ4v) is 2.21. The smallest absolute Gasteiger partial charge is 0.204 e. The lowest BCUT2D eigenvalue weighted by Crippen LogP contribution is -1.99. The van der Waals surface area contributed by atoms with Gasteiger partial charge >= 0.3 is 0 Å². The molecule has 2 rings (SSSR count). The molecule has 0 fully saturated rings. The summed E-state index contributed by atoms with van der Waals surface area (Å²) in [4.78, 5) is 12.6. The first-order chi connectivity index (χ1) is 7.20. The third kappa shape index (κ3) is 2.07. The molecule has 2 aromatic rings. The Bertz CT molecular complexity index is 491. The SMILES string of the molecule is O=C(c1cccs1)c1cc[c]c(Cl)c1Cl. The van der Waals surface area contributed by atoms with Crippen LogP contribution in [0.25, 0.3) is 0 Å². The molecule has 0 amide bonds. The van der Waals surface area contributed by atoms with Gasteiger partial charge in [0.15, 0.2) is 0 Å². The minimum Gasteiger partial charge on any atom is -0.288 e. The topological polar surface area (TPSA) is 17.1 Å². The minimum atomic E-state index is -0.106. The number of benzene rings is 1. The van der Waals surface area contributed by atoms with Crippen LogP contribution in [0.3, 0.4) is 0 Å². The van der Waals surface area contributed by atoms with Gasteiger partial charge in [-0.1, -0.05) is 35.3 Å². The number of thiophene rings is 1. The van der Waals surface area contributed by atoms with E-state index in [0.29, 0.717) is 10.4 Å². The van der Waals surface area contributed by atoms with Crippen molar-refractivity contribution in [3.05, 3.63) is 56.2 Å². The predicted octanol–water partition coefficient (Wildman–Crippen LogP) is 4.09. The molecule has 1 aromatic heterocycles. The quantitative estimate of drug-likeness (QED) is 0.739. The molecule has 75 valence electrons. The Morgan fingerprint density at radius 2 is 2.13 bits per heavy atom. The van der Waals surface area contributed by atoms with Crippen LogP contribution < -0.4 is 0 Å². The number of ketones is 1. The summed E-state index contributed by atoms with van der Waals surface area (Å²) in [7, 11) is 0. The van der Waals surface area contributed by atoms with Crippen LogP contribution in [0.4, 0.5) is 0 Å². The molecule has 0 unspecified atom stereocenters. The number of hydrogen-bond donors (Lipinski definition) is 0. The molecule has 1 nitrogen and oxygen atoms in total. The summed E-state index contributed by atoms with van der Waals surface area (Å²) >= 11 is 13.1. The molecule has 0 spiro atoms. The zero-order chi connectivity index (χ0) is 10.8. The largest absolute Gasteiger partial charge is 0.288 e. The second-order valence-corrected chi connectivity index (χ2v) is 4.53. The van der Waals surface area contributed by atoms with E-state index in [9.17, 15) is 4.79 Å². The Balaban J connectivity index is 2.47. The molecule has 0 N–H and O–H groups in total. The van der Waals surface area contributed by atoms with Gasteiger partial charge in [-0.05, 0) is 17.5 Å². The highest BCUT2D eigenvalue weighted by Crippen LogP contribution is 2.27. The normalized spacial score (nSPS) is 10.3. The van der Waals surface area contributed by atoms with Crippen molar-refractivity contribution in [2.24, 2.45) is 0 Å². The summed E-state index contributed by atoms with van der Waals surface area (Å²) in [6.07, 6.45) is 0. The van der Waals surface area contributed by atoms with Crippen molar-refractivity contribution in [3.8, 4) is 0 Å². The fraction of sp³-hybridized carbons (Fsp3) is 0. The zero-order valence-electron chi connectivity index (χ0n) is 7.46. The van der Waals surface area contributed by atoms with Crippen molar-refractivity contribution < 1.29 is 4.79 Å². The Hall–Kier alpha value is -0.830. The maximum Gasteiger partial charge on any atom is 0.204 e. The Kier molecular flexibility index (Phi) is 3.10. The highest BCUT2D eigenvalue weighted by atomic mass is 35.5. The molecule has 1 heterocycles. The highest BCUT2D eigenvalue weighted by molar-refractivity contribution is 7.12. The first-order valence-electron chi connectivity index (χ1n) is 4.14. The maximum absolute atomic E-state index is 11.9. The molecule has 0 aliphatic rings. The van der Waals surface area contributed by atoms with Gasteiger partial charge in [-0.3, -0.25) is 4.79 Å². The molecule has 15 heavy (non-hydrogen) atoms. The Morgan fingerprint density at radius 1 is 1.33 bits per heavy atom. The summed E-state index contributed by atoms with van der Waals surface area (Å²) in [6, 6.07) is 9.52. The molecular weight excluding hydrogens is 251 g/mol. The van der Waals surface area contributed by atoms with Crippen molar-refractivity contribution >= 4 is 40.3 Å². The minimum absolute atomic E-state index is 0.106. The molecule has 0 aliphatic heterocycles. The van der Waals surface area contributed by atoms with Gasteiger partial charge in [-0.25, -0.2) is 0 Å². The van der Waals surface area contributed by atoms with Crippen LogP contribution in [-0.4, -0.2) is 5.78 Å². The summed E-state index contributed by atoms with van der Waals surface area (Å²) in [5.41, 5.74) is 0.419. The van der Waals surface area contributed by atoms with Crippen molar-refractivity contribution in [2.75, 3.05) is 0 Å². The molecule has 0 bridgehead atoms. The van der Waals surface area contributed by atoms with Gasteiger partial charge in [-0.2, -0.15) is 0 Å². The fourth-order valence-electron chi connectivity index (χ4n) is 1.17. The van der Waals surface area contributed by atoms with Gasteiger partial charge in [0.25, 0.3) is 0 Å². The molecule has 4 heteroatoms. The molecule has 0 aliphatic carbocycles. The predicted molar refractivity (Wildman–Crippen MR) is 63.0 cm³/mol. The van der Waals surface area contributed by atoms with E-state index in [-0.39, 0.29) is 15.8 Å². The molecule has 1 aromatic carbocycles. The number of rotatable bonds is 2. The van der Waals surface area contributed by atoms with Gasteiger partial charge in [0.05, 0.1) is 14.9 Å². The van der Waals surface area contributed by atoms with E-state index < -0.39 is 0 Å². The maximum atomic E-state index is 11.9. The molecule has 0 saturated heterocycles. The van der Waals surface area contributed by atoms with Crippen LogP contribution in [0, 0.1) is 6.07 Å². The van der Waals surface area contributed by atoms with E-state index in [4.69, 9.17) is 23.2 Å². The van der Waals surface area contributed by atoms with Crippen LogP contribution in [-0.2, 0) is 0 Å². The molecule has 0 atom stereocenters. The lowest BCUT2D eigenvalue weighted by atomic mass is 10.1. The van der Waals surface area contributed by atoms with E-state index in [1.807, 2.05) is 11.4 Å². The van der Waals surface area contributed by atoms with Crippen LogP contribution in [0.5, 0.6) is 0 Å². The van der Waals surface area contributed by atoms with E-state index in [2.05, 4.69) is 6.07 Å². The van der Waals surface area contributed by atoms with Gasteiger partial charge in [0.1, 0.15) is 0 Å². The summed E-state index contributed by atoms with van der Waals surface area (Å²) in [6.45, 7) is 0. The number of carbonyl (C=O) groups excluding carboxylic acids is 1. The second kappa shape index (κ2) is 4.35. The van der Waals surface area contributed by atoms with Gasteiger partial charge in [0.2, 0.25) is 5.78 Å². The Morgan fingerprint density at radius 3 is 2.80 bits per heavy atom. The van der Waals surface area contributed by atoms with Crippen molar-refractivity contribution in [1.82, 2.24) is 0 Å². The Labute approximate surface area is 101 Å². The first-order valence-corrected chi connectivity index (χ1v) is 5.77. The number of carbonyl (C=O) groups is 1. The van der Waals surface area contributed by atoms with E-state index in [1.165, 1.54) is 11.3 Å². The highest BCUT2D eigenvalue weighted by Gasteiger charge is 2.15. The van der Waals surface area contributed by atoms with E-state index in [1.54, 1.807) is 18.2 Å². The second-order valence-electron chi connectivity index (χ2n) is 2.83. The zero-order valence-corrected chi connectivity index (χ0v) is 9.79. The van der Waals surface area contributed by atoms with Gasteiger partial charge < -0.3 is 0 Å². The molecule has 1 radical (unpaired) electrons. The summed E-state index contributed by atoms with van der Waals surface area (Å²) in [5, 5.41) is 2.38. The average Bonchev–Trinajstić information content (AvgIpc) is 2.74. The monoisotopic (exact) mass is 255 g/mol. The van der Waals surface area contributed by atoms with Crippen LogP contribution >= 0.6 is 34.5 Å². The standard InChI is InChI=1S/C11H5Cl2OS/c12-8-4-1-3-7(10(8)13)11(14)9-5-2-6-15-9/h1-3,5-6H. The van der Waals surface area contributed by atoms with Crippen LogP contribution in [0.2, 0.25) is 10.0 Å². The lowest BCUT2D eigenvalue weighted by molar-refractivity contribution is 0.104. The third-order valence-corrected chi connectivity index (χ3v) is 3.53. The number of hydrogen-bond acceptors (Lipinski definition) is 2. The third-order valence-electron chi connectivity index (χ3n) is 1.88. The van der Waals surface area contributed by atoms with E-state index >= 15 is 0 Å². The van der Waals surface area contributed by atoms with Crippen molar-refractivity contribution in [2.45, 2.75) is 0 Å². The van der Waals surface area contributed by atoms with Crippen molar-refractivity contribution in [3.63, 3.8) is 0 Å². The van der Waals surface area contributed by atoms with Gasteiger partial charge in [0, 0.05) is 11.6 Å². The molecule has 0 saturated carbocycles. The number of halogens is 2. The van der Waals surface area contributed by atoms with E-state index in [0.717, 1.165) is 0 Å². The van der Waals surface area contributed by atoms with Crippen molar-refractivity contribution in [1.29, 1.82) is 0 Å². The molecular formula is C11H5Cl2OS. The lowest BCUT2D eigenvalue weighted by Gasteiger charge is -2.02. The summed E-state index contributed by atoms with van der Waals surface area (Å²) in [5.74, 6) is -0.106. The summed E-state index contributed by atoms with van der Waals surface area (Å²) < 4.78 is 0.